The molecule has 3 fully saturated rings. The van der Waals surface area contributed by atoms with E-state index in [4.69, 9.17) is 22.1 Å². The molecule has 2 saturated heterocycles. The number of halogens is 1. The van der Waals surface area contributed by atoms with Crippen LogP contribution in [0.3, 0.4) is 0 Å². The fourth-order valence-corrected chi connectivity index (χ4v) is 11.1. The summed E-state index contributed by atoms with van der Waals surface area (Å²) < 4.78 is 36.1. The molecule has 4 aromatic rings. The van der Waals surface area contributed by atoms with Gasteiger partial charge in [0.2, 0.25) is 0 Å². The van der Waals surface area contributed by atoms with Crippen molar-refractivity contribution >= 4 is 55.6 Å². The highest BCUT2D eigenvalue weighted by Crippen LogP contribution is 2.50. The Morgan fingerprint density at radius 3 is 2.57 bits per heavy atom. The number of amides is 1. The highest BCUT2D eigenvalue weighted by molar-refractivity contribution is 7.90. The minimum absolute atomic E-state index is 0.0478. The number of H-pyrrole nitrogens is 1. The van der Waals surface area contributed by atoms with Crippen LogP contribution in [0, 0.1) is 10.8 Å². The number of rotatable bonds is 13. The molecule has 4 N–H and O–H groups in total. The van der Waals surface area contributed by atoms with Gasteiger partial charge in [-0.1, -0.05) is 31.6 Å². The van der Waals surface area contributed by atoms with Crippen LogP contribution >= 0.6 is 11.6 Å². The van der Waals surface area contributed by atoms with Crippen molar-refractivity contribution in [3.05, 3.63) is 89.8 Å². The van der Waals surface area contributed by atoms with E-state index in [-0.39, 0.29) is 27.0 Å². The van der Waals surface area contributed by atoms with Gasteiger partial charge in [-0.3, -0.25) is 9.69 Å². The lowest BCUT2D eigenvalue weighted by Crippen LogP contribution is -2.65. The smallest absolute Gasteiger partial charge is 0.268 e. The Morgan fingerprint density at radius 1 is 1.12 bits per heavy atom. The summed E-state index contributed by atoms with van der Waals surface area (Å²) in [6.45, 7) is 17.6. The number of ether oxygens (including phenoxy) is 1. The van der Waals surface area contributed by atoms with Gasteiger partial charge in [0, 0.05) is 87.6 Å². The van der Waals surface area contributed by atoms with Crippen LogP contribution in [0.5, 0.6) is 11.5 Å². The lowest BCUT2D eigenvalue weighted by atomic mass is 9.60. The molecule has 14 heteroatoms. The van der Waals surface area contributed by atoms with Crippen LogP contribution in [0.25, 0.3) is 11.0 Å². The normalized spacial score (nSPS) is 20.1. The minimum Gasteiger partial charge on any atom is -0.455 e. The van der Waals surface area contributed by atoms with Gasteiger partial charge in [-0.2, -0.15) is 0 Å². The van der Waals surface area contributed by atoms with E-state index in [1.807, 2.05) is 38.2 Å². The van der Waals surface area contributed by atoms with Crippen molar-refractivity contribution < 1.29 is 17.9 Å². The summed E-state index contributed by atoms with van der Waals surface area (Å²) in [7, 11) is -0.150. The molecule has 8 rings (SSSR count). The van der Waals surface area contributed by atoms with Crippen LogP contribution in [0.2, 0.25) is 0 Å². The number of sulfonamides is 1. The number of alkyl halides is 1. The number of nitrogens with one attached hydrogen (secondary N) is 2. The Labute approximate surface area is 359 Å². The monoisotopic (exact) mass is 854 g/mol. The van der Waals surface area contributed by atoms with E-state index in [9.17, 15) is 13.2 Å². The number of nitrogen functional groups attached to an aromatic ring is 1. The lowest BCUT2D eigenvalue weighted by Gasteiger charge is -2.60. The quantitative estimate of drug-likeness (QED) is 0.0903. The van der Waals surface area contributed by atoms with Gasteiger partial charge in [-0.05, 0) is 111 Å². The van der Waals surface area contributed by atoms with Crippen molar-refractivity contribution in [1.82, 2.24) is 24.5 Å². The number of piperazine rings is 1. The van der Waals surface area contributed by atoms with Crippen LogP contribution < -0.4 is 25.0 Å². The standard InChI is InChI=1S/C46H59ClN8O4S/c1-30(19-31(2)47)39-25-45(3,4)13-11-33(39)27-54-15-17-55(18-16-54)34-7-9-38(42(21-34)59-36-20-32-12-14-49-43(32)50-26-36)44(56)51-60(57,58)37-8-10-41(40(48)22-37)53(6)35-23-46(24-35)28-52(5)29-46/h7-10,12,14,20-22,26,31,35H,1,11,13,15-19,23-25,27-29,48H2,2-6H3,(H,49,50)(H,51,56). The highest BCUT2D eigenvalue weighted by Gasteiger charge is 2.52. The Balaban J connectivity index is 0.981. The molecule has 2 aromatic carbocycles. The number of nitrogens with two attached hydrogens (primary N) is 1. The third-order valence-corrected chi connectivity index (χ3v) is 14.6. The van der Waals surface area contributed by atoms with Crippen molar-refractivity contribution in [3.63, 3.8) is 0 Å². The maximum atomic E-state index is 14.0. The van der Waals surface area contributed by atoms with Crippen LogP contribution in [0.4, 0.5) is 17.1 Å². The summed E-state index contributed by atoms with van der Waals surface area (Å²) in [6.07, 6.45) is 9.59. The topological polar surface area (TPSA) is 140 Å². The number of aromatic amines is 1. The molecule has 2 aliphatic heterocycles. The van der Waals surface area contributed by atoms with E-state index in [0.717, 1.165) is 101 Å². The van der Waals surface area contributed by atoms with Gasteiger partial charge in [-0.15, -0.1) is 11.6 Å². The van der Waals surface area contributed by atoms with Gasteiger partial charge in [0.25, 0.3) is 15.9 Å². The number of allylic oxidation sites excluding steroid dienone is 2. The number of likely N-dealkylation sites (tertiary alicyclic amines) is 1. The number of benzene rings is 2. The first-order valence-electron chi connectivity index (χ1n) is 21.1. The van der Waals surface area contributed by atoms with Gasteiger partial charge < -0.3 is 30.2 Å². The minimum atomic E-state index is -4.29. The summed E-state index contributed by atoms with van der Waals surface area (Å²) in [5.74, 6) is -0.176. The summed E-state index contributed by atoms with van der Waals surface area (Å²) >= 11 is 6.41. The van der Waals surface area contributed by atoms with E-state index < -0.39 is 15.9 Å². The fourth-order valence-electron chi connectivity index (χ4n) is 9.88. The van der Waals surface area contributed by atoms with E-state index in [0.29, 0.717) is 28.5 Å². The summed E-state index contributed by atoms with van der Waals surface area (Å²) in [5.41, 5.74) is 13.9. The Hall–Kier alpha value is -4.56. The second kappa shape index (κ2) is 16.4. The zero-order valence-corrected chi connectivity index (χ0v) is 37.1. The third kappa shape index (κ3) is 8.91. The molecule has 1 amide bonds. The number of aromatic nitrogens is 2. The molecule has 1 unspecified atom stereocenters. The molecule has 0 radical (unpaired) electrons. The first-order valence-corrected chi connectivity index (χ1v) is 23.0. The number of fused-ring (bicyclic) bond motifs is 1. The molecule has 1 atom stereocenters. The van der Waals surface area contributed by atoms with Gasteiger partial charge >= 0.3 is 0 Å². The largest absolute Gasteiger partial charge is 0.455 e. The lowest BCUT2D eigenvalue weighted by molar-refractivity contribution is -0.0568. The van der Waals surface area contributed by atoms with Crippen LogP contribution in [0.1, 0.15) is 69.7 Å². The van der Waals surface area contributed by atoms with Crippen molar-refractivity contribution in [2.45, 2.75) is 75.6 Å². The van der Waals surface area contributed by atoms with Gasteiger partial charge in [0.1, 0.15) is 17.1 Å². The summed E-state index contributed by atoms with van der Waals surface area (Å²) in [6, 6.07) is 14.0. The molecule has 320 valence electrons. The predicted molar refractivity (Wildman–Crippen MR) is 242 cm³/mol. The second-order valence-corrected chi connectivity index (χ2v) is 21.1. The van der Waals surface area contributed by atoms with Crippen molar-refractivity contribution in [2.75, 3.05) is 75.4 Å². The van der Waals surface area contributed by atoms with Crippen LogP contribution in [-0.2, 0) is 10.0 Å². The molecule has 0 bridgehead atoms. The fraction of sp³-hybridized carbons (Fsp3) is 0.478. The average molecular weight is 856 g/mol. The molecule has 4 heterocycles. The van der Waals surface area contributed by atoms with E-state index in [1.54, 1.807) is 24.5 Å². The molecule has 12 nitrogen and oxygen atoms in total. The highest BCUT2D eigenvalue weighted by atomic mass is 35.5. The maximum absolute atomic E-state index is 14.0. The maximum Gasteiger partial charge on any atom is 0.268 e. The van der Waals surface area contributed by atoms with Crippen molar-refractivity contribution in [2.24, 2.45) is 10.8 Å². The number of hydrogen-bond acceptors (Lipinski definition) is 10. The third-order valence-electron chi connectivity index (χ3n) is 13.1. The SMILES string of the molecule is C=C(CC(C)Cl)C1=C(CN2CCN(c3ccc(C(=O)NS(=O)(=O)c4ccc(N(C)C5CC6(C5)CN(C)C6)c(N)c4)c(Oc4cnc5[nH]ccc5c4)c3)CC2)CCC(C)(C)C1. The van der Waals surface area contributed by atoms with Crippen LogP contribution in [-0.4, -0.2) is 105 Å². The summed E-state index contributed by atoms with van der Waals surface area (Å²) in [5, 5.41) is 0.889. The average Bonchev–Trinajstić information content (AvgIpc) is 3.64. The van der Waals surface area contributed by atoms with Gasteiger partial charge in [0.05, 0.1) is 28.0 Å². The van der Waals surface area contributed by atoms with Crippen molar-refractivity contribution in [3.8, 4) is 11.5 Å². The number of anilines is 3. The molecule has 60 heavy (non-hydrogen) atoms. The molecule has 1 spiro atoms. The Morgan fingerprint density at radius 2 is 1.87 bits per heavy atom. The molecular weight excluding hydrogens is 796 g/mol. The van der Waals surface area contributed by atoms with E-state index in [2.05, 4.69) is 61.8 Å². The molecule has 2 aliphatic carbocycles. The Bertz CT molecular complexity index is 2420. The molecule has 1 saturated carbocycles. The molecular formula is C46H59ClN8O4S. The first kappa shape index (κ1) is 42.1. The number of carbonyl (C=O) groups is 1. The summed E-state index contributed by atoms with van der Waals surface area (Å²) in [4.78, 5) is 30.7. The Kier molecular flexibility index (Phi) is 11.5. The second-order valence-electron chi connectivity index (χ2n) is 18.6. The number of nitrogens with zero attached hydrogens (tertiary/aromatic N) is 5. The number of pyridine rings is 1. The molecule has 4 aliphatic rings. The van der Waals surface area contributed by atoms with Gasteiger partial charge in [0.15, 0.2) is 0 Å². The van der Waals surface area contributed by atoms with Gasteiger partial charge in [-0.25, -0.2) is 18.1 Å². The van der Waals surface area contributed by atoms with E-state index >= 15 is 0 Å². The first-order chi connectivity index (χ1) is 28.5. The number of carbonyl (C=O) groups excluding carboxylic acids is 1. The molecule has 2 aromatic heterocycles. The van der Waals surface area contributed by atoms with E-state index in [1.165, 1.54) is 28.9 Å². The number of hydrogen-bond donors (Lipinski definition) is 3. The zero-order valence-electron chi connectivity index (χ0n) is 35.6. The van der Waals surface area contributed by atoms with Crippen LogP contribution in [0.15, 0.2) is 89.1 Å². The van der Waals surface area contributed by atoms with Crippen molar-refractivity contribution in [1.29, 1.82) is 0 Å². The predicted octanol–water partition coefficient (Wildman–Crippen LogP) is 7.79. The zero-order chi connectivity index (χ0) is 42.6.